The maximum Gasteiger partial charge on any atom is 0.0991 e. The number of hydrogen-bond acceptors (Lipinski definition) is 1. The molecular weight excluding hydrogens is 555 g/mol. The van der Waals surface area contributed by atoms with E-state index >= 15 is 0 Å². The number of hydrogen-bond donors (Lipinski definition) is 0. The Kier molecular flexibility index (Phi) is 6.48. The zero-order valence-corrected chi connectivity index (χ0v) is 26.3. The van der Waals surface area contributed by atoms with Crippen molar-refractivity contribution in [1.29, 1.82) is 5.26 Å². The van der Waals surface area contributed by atoms with Gasteiger partial charge in [0.25, 0.3) is 0 Å². The van der Waals surface area contributed by atoms with Crippen molar-refractivity contribution < 1.29 is 0 Å². The predicted molar refractivity (Wildman–Crippen MR) is 194 cm³/mol. The van der Waals surface area contributed by atoms with E-state index in [1.807, 2.05) is 12.1 Å². The van der Waals surface area contributed by atoms with Crippen LogP contribution in [0.4, 0.5) is 0 Å². The Bertz CT molecular complexity index is 2290. The van der Waals surface area contributed by atoms with Gasteiger partial charge in [-0.25, -0.2) is 0 Å². The molecule has 0 bridgehead atoms. The van der Waals surface area contributed by atoms with Crippen LogP contribution in [0.25, 0.3) is 77.5 Å². The van der Waals surface area contributed by atoms with Crippen LogP contribution in [0.3, 0.4) is 0 Å². The molecule has 7 aromatic rings. The molecule has 0 aromatic heterocycles. The Morgan fingerprint density at radius 2 is 0.826 bits per heavy atom. The van der Waals surface area contributed by atoms with Gasteiger partial charge in [-0.15, -0.1) is 0 Å². The molecule has 0 radical (unpaired) electrons. The Balaban J connectivity index is 1.63. The summed E-state index contributed by atoms with van der Waals surface area (Å²) in [5.74, 6) is 0. The summed E-state index contributed by atoms with van der Waals surface area (Å²) >= 11 is 0. The lowest BCUT2D eigenvalue weighted by atomic mass is 9.76. The maximum atomic E-state index is 9.69. The van der Waals surface area contributed by atoms with E-state index in [0.717, 1.165) is 5.56 Å². The average molecular weight is 588 g/mol. The van der Waals surface area contributed by atoms with Crippen LogP contribution in [0.1, 0.15) is 31.9 Å². The molecule has 1 aliphatic rings. The van der Waals surface area contributed by atoms with Gasteiger partial charge >= 0.3 is 0 Å². The zero-order chi connectivity index (χ0) is 31.4. The standard InChI is InChI=1S/C45H33N/c1-45(2,3)35-26-24-34(25-27-35)40-39(31-12-6-4-7-13-31)42(33-22-20-29(28-46)21-23-33)44-37-19-11-17-30-16-10-18-36(38(30)37)43(44)41(40)32-14-8-5-9-15-32/h4-27H,1-3H3. The molecule has 8 rings (SSSR count). The second-order valence-electron chi connectivity index (χ2n) is 13.2. The first-order chi connectivity index (χ1) is 22.4. The van der Waals surface area contributed by atoms with E-state index in [1.165, 1.54) is 77.5 Å². The normalized spacial score (nSPS) is 11.8. The van der Waals surface area contributed by atoms with E-state index in [9.17, 15) is 5.26 Å². The van der Waals surface area contributed by atoms with Crippen molar-refractivity contribution in [2.24, 2.45) is 0 Å². The van der Waals surface area contributed by atoms with Crippen molar-refractivity contribution in [2.45, 2.75) is 26.2 Å². The van der Waals surface area contributed by atoms with Crippen LogP contribution in [0.2, 0.25) is 0 Å². The van der Waals surface area contributed by atoms with Crippen LogP contribution in [0, 0.1) is 11.3 Å². The van der Waals surface area contributed by atoms with Crippen LogP contribution < -0.4 is 0 Å². The largest absolute Gasteiger partial charge is 0.192 e. The van der Waals surface area contributed by atoms with Crippen molar-refractivity contribution in [3.63, 3.8) is 0 Å². The summed E-state index contributed by atoms with van der Waals surface area (Å²) in [5.41, 5.74) is 16.6. The fourth-order valence-electron chi connectivity index (χ4n) is 7.26. The molecule has 0 N–H and O–H groups in total. The molecule has 0 spiro atoms. The molecule has 0 amide bonds. The summed E-state index contributed by atoms with van der Waals surface area (Å²) in [4.78, 5) is 0. The van der Waals surface area contributed by atoms with E-state index in [1.54, 1.807) is 0 Å². The molecule has 46 heavy (non-hydrogen) atoms. The zero-order valence-electron chi connectivity index (χ0n) is 26.3. The molecule has 0 heterocycles. The van der Waals surface area contributed by atoms with Gasteiger partial charge in [0, 0.05) is 0 Å². The summed E-state index contributed by atoms with van der Waals surface area (Å²) in [5, 5.41) is 12.2. The minimum absolute atomic E-state index is 0.0475. The molecule has 0 saturated heterocycles. The number of rotatable bonds is 4. The smallest absolute Gasteiger partial charge is 0.0991 e. The summed E-state index contributed by atoms with van der Waals surface area (Å²) in [7, 11) is 0. The van der Waals surface area contributed by atoms with E-state index in [4.69, 9.17) is 0 Å². The third-order valence-corrected chi connectivity index (χ3v) is 9.41. The average Bonchev–Trinajstić information content (AvgIpc) is 3.43. The highest BCUT2D eigenvalue weighted by molar-refractivity contribution is 6.25. The minimum Gasteiger partial charge on any atom is -0.192 e. The molecule has 7 aromatic carbocycles. The lowest BCUT2D eigenvalue weighted by Gasteiger charge is -2.27. The Labute approximate surface area is 271 Å². The molecule has 0 saturated carbocycles. The topological polar surface area (TPSA) is 23.8 Å². The minimum atomic E-state index is 0.0475. The van der Waals surface area contributed by atoms with Crippen LogP contribution in [0.15, 0.2) is 146 Å². The SMILES string of the molecule is CC(C)(C)c1ccc(-c2c(-c3ccccc3)c(-c3ccc(C#N)cc3)c3c(c2-c2ccccc2)-c2cccc4cccc-3c24)cc1. The molecule has 0 fully saturated rings. The Morgan fingerprint density at radius 1 is 0.413 bits per heavy atom. The first-order valence-corrected chi connectivity index (χ1v) is 15.9. The molecule has 0 atom stereocenters. The Morgan fingerprint density at radius 3 is 1.26 bits per heavy atom. The molecule has 218 valence electrons. The van der Waals surface area contributed by atoms with Gasteiger partial charge in [-0.1, -0.05) is 154 Å². The van der Waals surface area contributed by atoms with Gasteiger partial charge in [0.1, 0.15) is 0 Å². The molecule has 0 unspecified atom stereocenters. The van der Waals surface area contributed by atoms with Crippen molar-refractivity contribution in [3.05, 3.63) is 157 Å². The van der Waals surface area contributed by atoms with E-state index in [-0.39, 0.29) is 5.41 Å². The second-order valence-corrected chi connectivity index (χ2v) is 13.2. The highest BCUT2D eigenvalue weighted by Crippen LogP contribution is 2.60. The summed E-state index contributed by atoms with van der Waals surface area (Å²) in [6.07, 6.45) is 0. The van der Waals surface area contributed by atoms with Crippen molar-refractivity contribution in [3.8, 4) is 72.8 Å². The molecule has 0 aliphatic heterocycles. The van der Waals surface area contributed by atoms with E-state index in [0.29, 0.717) is 5.56 Å². The quantitative estimate of drug-likeness (QED) is 0.201. The second kappa shape index (κ2) is 10.7. The molecule has 1 nitrogen and oxygen atoms in total. The number of fused-ring (bicyclic) bond motifs is 3. The summed E-state index contributed by atoms with van der Waals surface area (Å²) in [6.45, 7) is 6.80. The van der Waals surface area contributed by atoms with E-state index in [2.05, 4.69) is 160 Å². The third kappa shape index (κ3) is 4.38. The number of benzene rings is 7. The van der Waals surface area contributed by atoms with Gasteiger partial charge in [-0.05, 0) is 101 Å². The first kappa shape index (κ1) is 27.8. The Hall–Kier alpha value is -5.71. The van der Waals surface area contributed by atoms with Gasteiger partial charge in [0.2, 0.25) is 0 Å². The van der Waals surface area contributed by atoms with E-state index < -0.39 is 0 Å². The van der Waals surface area contributed by atoms with Gasteiger partial charge in [-0.2, -0.15) is 5.26 Å². The van der Waals surface area contributed by atoms with Gasteiger partial charge in [0.05, 0.1) is 11.6 Å². The predicted octanol–water partition coefficient (Wildman–Crippen LogP) is 12.3. The first-order valence-electron chi connectivity index (χ1n) is 15.9. The third-order valence-electron chi connectivity index (χ3n) is 9.41. The fourth-order valence-corrected chi connectivity index (χ4v) is 7.26. The van der Waals surface area contributed by atoms with Crippen molar-refractivity contribution in [1.82, 2.24) is 0 Å². The highest BCUT2D eigenvalue weighted by atomic mass is 14.4. The highest BCUT2D eigenvalue weighted by Gasteiger charge is 2.33. The summed E-state index contributed by atoms with van der Waals surface area (Å²) < 4.78 is 0. The van der Waals surface area contributed by atoms with Crippen LogP contribution in [-0.4, -0.2) is 0 Å². The van der Waals surface area contributed by atoms with Crippen molar-refractivity contribution >= 4 is 10.8 Å². The maximum absolute atomic E-state index is 9.69. The number of nitrogens with zero attached hydrogens (tertiary/aromatic N) is 1. The lowest BCUT2D eigenvalue weighted by Crippen LogP contribution is -2.10. The van der Waals surface area contributed by atoms with Crippen LogP contribution in [-0.2, 0) is 5.41 Å². The molecule has 1 heteroatoms. The number of nitriles is 1. The van der Waals surface area contributed by atoms with Gasteiger partial charge in [0.15, 0.2) is 0 Å². The summed E-state index contributed by atoms with van der Waals surface area (Å²) in [6, 6.07) is 54.8. The lowest BCUT2D eigenvalue weighted by molar-refractivity contribution is 0.590. The molecular formula is C45H33N. The monoisotopic (exact) mass is 587 g/mol. The van der Waals surface area contributed by atoms with Gasteiger partial charge in [-0.3, -0.25) is 0 Å². The van der Waals surface area contributed by atoms with Crippen LogP contribution >= 0.6 is 0 Å². The van der Waals surface area contributed by atoms with Crippen LogP contribution in [0.5, 0.6) is 0 Å². The molecule has 1 aliphatic carbocycles. The fraction of sp³-hybridized carbons (Fsp3) is 0.0889. The van der Waals surface area contributed by atoms with Crippen molar-refractivity contribution in [2.75, 3.05) is 0 Å². The van der Waals surface area contributed by atoms with Gasteiger partial charge < -0.3 is 0 Å².